The van der Waals surface area contributed by atoms with Crippen molar-refractivity contribution >= 4 is 0 Å². The number of hydrogen-bond acceptors (Lipinski definition) is 2. The molecule has 1 aromatic heterocycles. The lowest BCUT2D eigenvalue weighted by molar-refractivity contribution is -0.140. The van der Waals surface area contributed by atoms with Crippen molar-refractivity contribution < 1.29 is 22.0 Å². The summed E-state index contributed by atoms with van der Waals surface area (Å²) >= 11 is 0. The molecule has 0 fully saturated rings. The van der Waals surface area contributed by atoms with Gasteiger partial charge in [0, 0.05) is 5.56 Å². The van der Waals surface area contributed by atoms with Gasteiger partial charge in [-0.05, 0) is 37.6 Å². The molecular weight excluding hydrogens is 274 g/mol. The number of halogens is 4. The van der Waals surface area contributed by atoms with Crippen LogP contribution in [0.2, 0.25) is 0 Å². The van der Waals surface area contributed by atoms with E-state index >= 15 is 0 Å². The molecule has 2 rings (SSSR count). The lowest BCUT2D eigenvalue weighted by Gasteiger charge is -2.14. The van der Waals surface area contributed by atoms with E-state index < -0.39 is 23.6 Å². The molecule has 0 bridgehead atoms. The predicted octanol–water partition coefficient (Wildman–Crippen LogP) is 4.10. The van der Waals surface area contributed by atoms with E-state index in [-0.39, 0.29) is 5.56 Å². The molecule has 1 heterocycles. The lowest BCUT2D eigenvalue weighted by Crippen LogP contribution is -2.15. The Kier molecular flexibility index (Phi) is 3.60. The van der Waals surface area contributed by atoms with Crippen LogP contribution in [0.3, 0.4) is 0 Å². The summed E-state index contributed by atoms with van der Waals surface area (Å²) in [4.78, 5) is 0. The van der Waals surface area contributed by atoms with Crippen LogP contribution in [-0.4, -0.2) is 0 Å². The van der Waals surface area contributed by atoms with Crippen LogP contribution >= 0.6 is 0 Å². The SMILES string of the molecule is Cc1cc(C(N)c2ccc(F)c(C(F)(F)F)c2)c(C)o1. The molecule has 0 saturated heterocycles. The number of aryl methyl sites for hydroxylation is 2. The highest BCUT2D eigenvalue weighted by molar-refractivity contribution is 5.37. The van der Waals surface area contributed by atoms with E-state index in [1.165, 1.54) is 6.07 Å². The van der Waals surface area contributed by atoms with Crippen LogP contribution in [0.25, 0.3) is 0 Å². The van der Waals surface area contributed by atoms with Crippen molar-refractivity contribution in [2.75, 3.05) is 0 Å². The zero-order valence-corrected chi connectivity index (χ0v) is 10.9. The Morgan fingerprint density at radius 1 is 1.15 bits per heavy atom. The second-order valence-electron chi connectivity index (χ2n) is 4.58. The fourth-order valence-corrected chi connectivity index (χ4v) is 2.09. The minimum atomic E-state index is -4.75. The van der Waals surface area contributed by atoms with Gasteiger partial charge in [-0.25, -0.2) is 4.39 Å². The number of furan rings is 1. The number of hydrogen-bond donors (Lipinski definition) is 1. The topological polar surface area (TPSA) is 39.2 Å². The van der Waals surface area contributed by atoms with Crippen LogP contribution < -0.4 is 5.73 Å². The largest absolute Gasteiger partial charge is 0.466 e. The van der Waals surface area contributed by atoms with E-state index in [1.807, 2.05) is 0 Å². The van der Waals surface area contributed by atoms with Gasteiger partial charge >= 0.3 is 6.18 Å². The summed E-state index contributed by atoms with van der Waals surface area (Å²) in [5.74, 6) is -0.160. The smallest absolute Gasteiger partial charge is 0.419 e. The Morgan fingerprint density at radius 2 is 1.80 bits per heavy atom. The standard InChI is InChI=1S/C14H13F4NO/c1-7-5-10(8(2)20-7)13(19)9-3-4-12(15)11(6-9)14(16,17)18/h3-6,13H,19H2,1-2H3. The Balaban J connectivity index is 2.46. The minimum Gasteiger partial charge on any atom is -0.466 e. The molecule has 6 heteroatoms. The molecule has 2 nitrogen and oxygen atoms in total. The van der Waals surface area contributed by atoms with E-state index in [4.69, 9.17) is 10.2 Å². The molecule has 0 aliphatic carbocycles. The first-order valence-electron chi connectivity index (χ1n) is 5.89. The van der Waals surface area contributed by atoms with E-state index in [0.29, 0.717) is 17.1 Å². The summed E-state index contributed by atoms with van der Waals surface area (Å²) in [6, 6.07) is 3.63. The molecule has 1 aromatic carbocycles. The van der Waals surface area contributed by atoms with Gasteiger partial charge in [0.25, 0.3) is 0 Å². The Morgan fingerprint density at radius 3 is 2.30 bits per heavy atom. The van der Waals surface area contributed by atoms with Crippen LogP contribution in [0, 0.1) is 19.7 Å². The molecule has 0 saturated carbocycles. The van der Waals surface area contributed by atoms with Gasteiger partial charge < -0.3 is 10.2 Å². The van der Waals surface area contributed by atoms with Crippen molar-refractivity contribution in [3.63, 3.8) is 0 Å². The van der Waals surface area contributed by atoms with E-state index in [9.17, 15) is 17.6 Å². The van der Waals surface area contributed by atoms with Crippen molar-refractivity contribution in [1.82, 2.24) is 0 Å². The molecule has 2 N–H and O–H groups in total. The summed E-state index contributed by atoms with van der Waals surface area (Å²) in [5.41, 5.74) is 5.39. The van der Waals surface area contributed by atoms with Gasteiger partial charge in [-0.3, -0.25) is 0 Å². The van der Waals surface area contributed by atoms with Gasteiger partial charge in [-0.1, -0.05) is 6.07 Å². The zero-order valence-electron chi connectivity index (χ0n) is 10.9. The number of benzene rings is 1. The minimum absolute atomic E-state index is 0.183. The second kappa shape index (κ2) is 4.94. The van der Waals surface area contributed by atoms with Crippen LogP contribution in [0.4, 0.5) is 17.6 Å². The van der Waals surface area contributed by atoms with Crippen LogP contribution in [0.15, 0.2) is 28.7 Å². The highest BCUT2D eigenvalue weighted by Crippen LogP contribution is 2.34. The quantitative estimate of drug-likeness (QED) is 0.844. The molecule has 0 spiro atoms. The summed E-state index contributed by atoms with van der Waals surface area (Å²) in [5, 5.41) is 0. The van der Waals surface area contributed by atoms with Crippen molar-refractivity contribution in [1.29, 1.82) is 0 Å². The predicted molar refractivity (Wildman–Crippen MR) is 65.6 cm³/mol. The van der Waals surface area contributed by atoms with Crippen molar-refractivity contribution in [3.05, 3.63) is 58.3 Å². The van der Waals surface area contributed by atoms with Gasteiger partial charge in [0.1, 0.15) is 17.3 Å². The number of alkyl halides is 3. The first-order valence-corrected chi connectivity index (χ1v) is 5.89. The number of rotatable bonds is 2. The molecule has 1 atom stereocenters. The maximum atomic E-state index is 13.2. The van der Waals surface area contributed by atoms with E-state index in [0.717, 1.165) is 12.1 Å². The van der Waals surface area contributed by atoms with Gasteiger partial charge in [0.2, 0.25) is 0 Å². The van der Waals surface area contributed by atoms with E-state index in [2.05, 4.69) is 0 Å². The maximum Gasteiger partial charge on any atom is 0.419 e. The first kappa shape index (κ1) is 14.6. The first-order chi connectivity index (χ1) is 9.20. The number of nitrogens with two attached hydrogens (primary N) is 1. The maximum absolute atomic E-state index is 13.2. The van der Waals surface area contributed by atoms with Crippen molar-refractivity contribution in [2.45, 2.75) is 26.1 Å². The molecule has 0 aliphatic rings. The fourth-order valence-electron chi connectivity index (χ4n) is 2.09. The summed E-state index contributed by atoms with van der Waals surface area (Å²) in [6.45, 7) is 3.39. The third-order valence-corrected chi connectivity index (χ3v) is 3.07. The highest BCUT2D eigenvalue weighted by Gasteiger charge is 2.34. The Hall–Kier alpha value is -1.82. The summed E-state index contributed by atoms with van der Waals surface area (Å²) < 4.78 is 56.6. The monoisotopic (exact) mass is 287 g/mol. The fraction of sp³-hybridized carbons (Fsp3) is 0.286. The molecule has 2 aromatic rings. The third kappa shape index (κ3) is 2.70. The summed E-state index contributed by atoms with van der Waals surface area (Å²) in [6.07, 6.45) is -4.75. The molecule has 0 radical (unpaired) electrons. The second-order valence-corrected chi connectivity index (χ2v) is 4.58. The molecular formula is C14H13F4NO. The molecule has 1 unspecified atom stereocenters. The lowest BCUT2D eigenvalue weighted by atomic mass is 9.98. The van der Waals surface area contributed by atoms with Gasteiger partial charge in [-0.15, -0.1) is 0 Å². The molecule has 0 amide bonds. The average Bonchev–Trinajstić information content (AvgIpc) is 2.66. The van der Waals surface area contributed by atoms with Crippen LogP contribution in [0.5, 0.6) is 0 Å². The van der Waals surface area contributed by atoms with Crippen LogP contribution in [-0.2, 0) is 6.18 Å². The van der Waals surface area contributed by atoms with Gasteiger partial charge in [-0.2, -0.15) is 13.2 Å². The van der Waals surface area contributed by atoms with Gasteiger partial charge in [0.05, 0.1) is 11.6 Å². The zero-order chi connectivity index (χ0) is 15.1. The molecule has 0 aliphatic heterocycles. The van der Waals surface area contributed by atoms with Crippen molar-refractivity contribution in [2.24, 2.45) is 5.73 Å². The Labute approximate surface area is 113 Å². The third-order valence-electron chi connectivity index (χ3n) is 3.07. The Bertz CT molecular complexity index is 631. The van der Waals surface area contributed by atoms with Crippen molar-refractivity contribution in [3.8, 4) is 0 Å². The highest BCUT2D eigenvalue weighted by atomic mass is 19.4. The van der Waals surface area contributed by atoms with E-state index in [1.54, 1.807) is 19.9 Å². The molecule has 20 heavy (non-hydrogen) atoms. The van der Waals surface area contributed by atoms with Crippen LogP contribution in [0.1, 0.15) is 34.3 Å². The molecule has 108 valence electrons. The average molecular weight is 287 g/mol. The summed E-state index contributed by atoms with van der Waals surface area (Å²) in [7, 11) is 0. The normalized spacial score (nSPS) is 13.6. The van der Waals surface area contributed by atoms with Gasteiger partial charge in [0.15, 0.2) is 0 Å².